The maximum atomic E-state index is 12.6. The van der Waals surface area contributed by atoms with Crippen LogP contribution in [0.4, 0.5) is 11.4 Å². The molecule has 0 aromatic heterocycles. The second-order valence-corrected chi connectivity index (χ2v) is 6.59. The predicted molar refractivity (Wildman–Crippen MR) is 116 cm³/mol. The highest BCUT2D eigenvalue weighted by molar-refractivity contribution is 7.80. The van der Waals surface area contributed by atoms with E-state index in [-0.39, 0.29) is 16.9 Å². The fourth-order valence-electron chi connectivity index (χ4n) is 2.40. The van der Waals surface area contributed by atoms with Crippen LogP contribution in [-0.4, -0.2) is 23.5 Å². The van der Waals surface area contributed by atoms with Crippen LogP contribution in [0.1, 0.15) is 42.6 Å². The Hall–Kier alpha value is -2.93. The normalized spacial score (nSPS) is 10.1. The van der Waals surface area contributed by atoms with E-state index in [1.807, 2.05) is 32.0 Å². The molecular weight excluding hydrogens is 374 g/mol. The first kappa shape index (κ1) is 21.4. The molecule has 0 radical (unpaired) electrons. The van der Waals surface area contributed by atoms with Gasteiger partial charge in [0.15, 0.2) is 5.11 Å². The molecule has 6 nitrogen and oxygen atoms in total. The van der Waals surface area contributed by atoms with Crippen LogP contribution in [0.2, 0.25) is 0 Å². The Balaban J connectivity index is 2.05. The summed E-state index contributed by atoms with van der Waals surface area (Å²) < 4.78 is 5.62. The average Bonchev–Trinajstić information content (AvgIpc) is 2.68. The Morgan fingerprint density at radius 2 is 1.82 bits per heavy atom. The van der Waals surface area contributed by atoms with Crippen LogP contribution in [0.15, 0.2) is 42.5 Å². The minimum Gasteiger partial charge on any atom is -0.493 e. The predicted octanol–water partition coefficient (Wildman–Crippen LogP) is 4.26. The largest absolute Gasteiger partial charge is 0.493 e. The standard InChI is InChI=1S/C21H25N3O3S/c1-4-12-27-18-9-7-6-8-16(18)20(26)24-21(28)22-15-11-10-14(3)17(13-15)23-19(25)5-2/h6-11,13H,4-5,12H2,1-3H3,(H,23,25)(H2,22,24,26,28). The third kappa shape index (κ3) is 6.06. The molecule has 0 heterocycles. The quantitative estimate of drug-likeness (QED) is 0.606. The van der Waals surface area contributed by atoms with Crippen LogP contribution >= 0.6 is 12.2 Å². The fraction of sp³-hybridized carbons (Fsp3) is 0.286. The summed E-state index contributed by atoms with van der Waals surface area (Å²) in [7, 11) is 0. The maximum Gasteiger partial charge on any atom is 0.261 e. The number of amides is 2. The van der Waals surface area contributed by atoms with E-state index in [2.05, 4.69) is 16.0 Å². The molecule has 0 aliphatic rings. The van der Waals surface area contributed by atoms with Crippen LogP contribution in [0.5, 0.6) is 5.75 Å². The van der Waals surface area contributed by atoms with Gasteiger partial charge in [0.1, 0.15) is 5.75 Å². The molecule has 0 atom stereocenters. The number of benzene rings is 2. The van der Waals surface area contributed by atoms with E-state index < -0.39 is 0 Å². The van der Waals surface area contributed by atoms with E-state index in [0.29, 0.717) is 35.7 Å². The van der Waals surface area contributed by atoms with Gasteiger partial charge in [-0.1, -0.05) is 32.0 Å². The highest BCUT2D eigenvalue weighted by Gasteiger charge is 2.14. The van der Waals surface area contributed by atoms with Crippen molar-refractivity contribution in [2.75, 3.05) is 17.2 Å². The molecule has 0 saturated carbocycles. The summed E-state index contributed by atoms with van der Waals surface area (Å²) in [5, 5.41) is 8.63. The van der Waals surface area contributed by atoms with Crippen molar-refractivity contribution in [3.05, 3.63) is 53.6 Å². The van der Waals surface area contributed by atoms with Crippen molar-refractivity contribution in [1.82, 2.24) is 5.32 Å². The second kappa shape index (κ2) is 10.4. The van der Waals surface area contributed by atoms with Crippen molar-refractivity contribution in [3.8, 4) is 5.75 Å². The van der Waals surface area contributed by atoms with E-state index in [4.69, 9.17) is 17.0 Å². The first-order chi connectivity index (χ1) is 13.4. The summed E-state index contributed by atoms with van der Waals surface area (Å²) >= 11 is 5.26. The number of nitrogens with one attached hydrogen (secondary N) is 3. The minimum atomic E-state index is -0.351. The number of hydrogen-bond acceptors (Lipinski definition) is 4. The number of carbonyl (C=O) groups is 2. The van der Waals surface area contributed by atoms with E-state index in [9.17, 15) is 9.59 Å². The van der Waals surface area contributed by atoms with Crippen molar-refractivity contribution in [1.29, 1.82) is 0 Å². The zero-order chi connectivity index (χ0) is 20.5. The topological polar surface area (TPSA) is 79.5 Å². The van der Waals surface area contributed by atoms with Crippen molar-refractivity contribution >= 4 is 40.5 Å². The number of aryl methyl sites for hydroxylation is 1. The lowest BCUT2D eigenvalue weighted by molar-refractivity contribution is -0.115. The minimum absolute atomic E-state index is 0.0696. The molecule has 0 unspecified atom stereocenters. The van der Waals surface area contributed by atoms with Gasteiger partial charge in [-0.25, -0.2) is 0 Å². The van der Waals surface area contributed by atoms with Gasteiger partial charge in [0.25, 0.3) is 5.91 Å². The van der Waals surface area contributed by atoms with Crippen LogP contribution < -0.4 is 20.7 Å². The highest BCUT2D eigenvalue weighted by Crippen LogP contribution is 2.21. The molecule has 148 valence electrons. The van der Waals surface area contributed by atoms with Gasteiger partial charge in [-0.05, 0) is 55.4 Å². The molecule has 0 fully saturated rings. The number of hydrogen-bond donors (Lipinski definition) is 3. The molecule has 0 saturated heterocycles. The summed E-state index contributed by atoms with van der Waals surface area (Å²) in [5.41, 5.74) is 2.71. The van der Waals surface area contributed by atoms with Gasteiger partial charge in [-0.3, -0.25) is 14.9 Å². The number of ether oxygens (including phenoxy) is 1. The number of anilines is 2. The van der Waals surface area contributed by atoms with Crippen molar-refractivity contribution in [3.63, 3.8) is 0 Å². The summed E-state index contributed by atoms with van der Waals surface area (Å²) in [6.45, 7) is 6.23. The van der Waals surface area contributed by atoms with Crippen LogP contribution in [0.3, 0.4) is 0 Å². The molecule has 28 heavy (non-hydrogen) atoms. The average molecular weight is 400 g/mol. The Kier molecular flexibility index (Phi) is 7.95. The lowest BCUT2D eigenvalue weighted by Crippen LogP contribution is -2.34. The molecule has 3 N–H and O–H groups in total. The zero-order valence-electron chi connectivity index (χ0n) is 16.3. The van der Waals surface area contributed by atoms with Crippen molar-refractivity contribution in [2.24, 2.45) is 0 Å². The zero-order valence-corrected chi connectivity index (χ0v) is 17.1. The number of rotatable bonds is 7. The number of thiocarbonyl (C=S) groups is 1. The lowest BCUT2D eigenvalue weighted by Gasteiger charge is -2.14. The van der Waals surface area contributed by atoms with Gasteiger partial charge in [-0.15, -0.1) is 0 Å². The molecule has 2 rings (SSSR count). The molecule has 2 amide bonds. The summed E-state index contributed by atoms with van der Waals surface area (Å²) in [6.07, 6.45) is 1.24. The molecule has 0 aliphatic heterocycles. The van der Waals surface area contributed by atoms with Gasteiger partial charge >= 0.3 is 0 Å². The molecular formula is C21H25N3O3S. The maximum absolute atomic E-state index is 12.6. The second-order valence-electron chi connectivity index (χ2n) is 6.18. The third-order valence-corrected chi connectivity index (χ3v) is 4.12. The van der Waals surface area contributed by atoms with Gasteiger partial charge in [-0.2, -0.15) is 0 Å². The van der Waals surface area contributed by atoms with E-state index >= 15 is 0 Å². The first-order valence-corrected chi connectivity index (χ1v) is 9.60. The smallest absolute Gasteiger partial charge is 0.261 e. The number of para-hydroxylation sites is 1. The Morgan fingerprint density at radius 3 is 2.54 bits per heavy atom. The van der Waals surface area contributed by atoms with Crippen LogP contribution in [-0.2, 0) is 4.79 Å². The van der Waals surface area contributed by atoms with E-state index in [0.717, 1.165) is 12.0 Å². The summed E-state index contributed by atoms with van der Waals surface area (Å²) in [6, 6.07) is 12.5. The van der Waals surface area contributed by atoms with Crippen molar-refractivity contribution in [2.45, 2.75) is 33.6 Å². The van der Waals surface area contributed by atoms with Gasteiger partial charge in [0.2, 0.25) is 5.91 Å². The summed E-state index contributed by atoms with van der Waals surface area (Å²) in [5.74, 6) is 0.0974. The Labute approximate surface area is 170 Å². The van der Waals surface area contributed by atoms with E-state index in [1.54, 1.807) is 31.2 Å². The SMILES string of the molecule is CCCOc1ccccc1C(=O)NC(=S)Nc1ccc(C)c(NC(=O)CC)c1. The van der Waals surface area contributed by atoms with Crippen LogP contribution in [0.25, 0.3) is 0 Å². The lowest BCUT2D eigenvalue weighted by atomic mass is 10.1. The van der Waals surface area contributed by atoms with Gasteiger partial charge in [0.05, 0.1) is 12.2 Å². The molecule has 0 spiro atoms. The Morgan fingerprint density at radius 1 is 1.07 bits per heavy atom. The van der Waals surface area contributed by atoms with Crippen molar-refractivity contribution < 1.29 is 14.3 Å². The van der Waals surface area contributed by atoms with Crippen LogP contribution in [0, 0.1) is 6.92 Å². The Bertz CT molecular complexity index is 868. The molecule has 2 aromatic rings. The first-order valence-electron chi connectivity index (χ1n) is 9.19. The third-order valence-electron chi connectivity index (χ3n) is 3.91. The van der Waals surface area contributed by atoms with Gasteiger partial charge in [0, 0.05) is 17.8 Å². The summed E-state index contributed by atoms with van der Waals surface area (Å²) in [4.78, 5) is 24.2. The molecule has 2 aromatic carbocycles. The van der Waals surface area contributed by atoms with Gasteiger partial charge < -0.3 is 15.4 Å². The monoisotopic (exact) mass is 399 g/mol. The number of carbonyl (C=O) groups excluding carboxylic acids is 2. The molecule has 7 heteroatoms. The highest BCUT2D eigenvalue weighted by atomic mass is 32.1. The fourth-order valence-corrected chi connectivity index (χ4v) is 2.61. The molecule has 0 aliphatic carbocycles. The van der Waals surface area contributed by atoms with E-state index in [1.165, 1.54) is 0 Å². The molecule has 0 bridgehead atoms.